The second-order valence-corrected chi connectivity index (χ2v) is 4.07. The van der Waals surface area contributed by atoms with Gasteiger partial charge in [-0.2, -0.15) is 0 Å². The summed E-state index contributed by atoms with van der Waals surface area (Å²) >= 11 is 0. The van der Waals surface area contributed by atoms with Crippen LogP contribution in [0.25, 0.3) is 0 Å². The Balaban J connectivity index is 3.01. The van der Waals surface area contributed by atoms with Crippen molar-refractivity contribution in [3.05, 3.63) is 39.7 Å². The molecule has 0 aliphatic heterocycles. The van der Waals surface area contributed by atoms with Gasteiger partial charge in [0.15, 0.2) is 0 Å². The van der Waals surface area contributed by atoms with Crippen LogP contribution in [0.15, 0.2) is 18.2 Å². The van der Waals surface area contributed by atoms with E-state index in [0.717, 1.165) is 6.07 Å². The van der Waals surface area contributed by atoms with Gasteiger partial charge in [0.25, 0.3) is 5.69 Å². The third-order valence-corrected chi connectivity index (χ3v) is 2.68. The average molecular weight is 226 g/mol. The van der Waals surface area contributed by atoms with Crippen LogP contribution in [-0.2, 0) is 6.42 Å². The summed E-state index contributed by atoms with van der Waals surface area (Å²) in [5.74, 6) is -0.391. The monoisotopic (exact) mass is 226 g/mol. The first-order chi connectivity index (χ1) is 7.41. The van der Waals surface area contributed by atoms with E-state index in [-0.39, 0.29) is 17.6 Å². The van der Waals surface area contributed by atoms with Crippen molar-refractivity contribution in [2.75, 3.05) is 0 Å². The maximum atomic E-state index is 13.0. The van der Waals surface area contributed by atoms with Crippen LogP contribution in [0.3, 0.4) is 0 Å². The smallest absolute Gasteiger partial charge is 0.272 e. The van der Waals surface area contributed by atoms with Gasteiger partial charge in [-0.15, -0.1) is 0 Å². The summed E-state index contributed by atoms with van der Waals surface area (Å²) in [7, 11) is 0. The molecule has 1 aromatic carbocycles. The Kier molecular flexibility index (Phi) is 3.95. The molecule has 0 fully saturated rings. The highest BCUT2D eigenvalue weighted by molar-refractivity contribution is 5.40. The summed E-state index contributed by atoms with van der Waals surface area (Å²) in [6.45, 7) is 3.72. The SMILES string of the molecule is CC(N)C(C)Cc1cc(F)ccc1[N+](=O)[O-]. The predicted molar refractivity (Wildman–Crippen MR) is 59.6 cm³/mol. The molecule has 2 unspecified atom stereocenters. The number of nitrogens with zero attached hydrogens (tertiary/aromatic N) is 1. The second kappa shape index (κ2) is 5.03. The highest BCUT2D eigenvalue weighted by atomic mass is 19.1. The highest BCUT2D eigenvalue weighted by Crippen LogP contribution is 2.23. The third-order valence-electron chi connectivity index (χ3n) is 2.68. The Morgan fingerprint density at radius 2 is 2.12 bits per heavy atom. The van der Waals surface area contributed by atoms with Gasteiger partial charge in [0.2, 0.25) is 0 Å². The topological polar surface area (TPSA) is 69.2 Å². The molecule has 2 atom stereocenters. The van der Waals surface area contributed by atoms with Crippen molar-refractivity contribution < 1.29 is 9.31 Å². The van der Waals surface area contributed by atoms with Crippen molar-refractivity contribution in [3.8, 4) is 0 Å². The van der Waals surface area contributed by atoms with E-state index in [9.17, 15) is 14.5 Å². The van der Waals surface area contributed by atoms with Crippen LogP contribution in [0, 0.1) is 21.8 Å². The largest absolute Gasteiger partial charge is 0.328 e. The minimum atomic E-state index is -0.497. The Hall–Kier alpha value is -1.49. The molecule has 16 heavy (non-hydrogen) atoms. The summed E-state index contributed by atoms with van der Waals surface area (Å²) in [5, 5.41) is 10.7. The summed E-state index contributed by atoms with van der Waals surface area (Å²) in [6.07, 6.45) is 0.408. The number of hydrogen-bond donors (Lipinski definition) is 1. The van der Waals surface area contributed by atoms with Crippen LogP contribution in [0.5, 0.6) is 0 Å². The van der Waals surface area contributed by atoms with Crippen molar-refractivity contribution in [1.29, 1.82) is 0 Å². The number of nitrogens with two attached hydrogens (primary N) is 1. The summed E-state index contributed by atoms with van der Waals surface area (Å²) in [6, 6.07) is 3.41. The third kappa shape index (κ3) is 3.00. The fourth-order valence-corrected chi connectivity index (χ4v) is 1.43. The van der Waals surface area contributed by atoms with Crippen molar-refractivity contribution in [2.24, 2.45) is 11.7 Å². The molecular weight excluding hydrogens is 211 g/mol. The van der Waals surface area contributed by atoms with E-state index in [2.05, 4.69) is 0 Å². The maximum Gasteiger partial charge on any atom is 0.272 e. The molecule has 0 heterocycles. The van der Waals surface area contributed by atoms with Crippen LogP contribution in [0.1, 0.15) is 19.4 Å². The zero-order valence-electron chi connectivity index (χ0n) is 9.31. The fraction of sp³-hybridized carbons (Fsp3) is 0.455. The number of nitro groups is 1. The van der Waals surface area contributed by atoms with Gasteiger partial charge in [0.05, 0.1) is 4.92 Å². The Bertz CT molecular complexity index is 394. The standard InChI is InChI=1S/C11H15FN2O2/c1-7(8(2)13)5-9-6-10(12)3-4-11(9)14(15)16/h3-4,6-8H,5,13H2,1-2H3. The molecule has 0 amide bonds. The first-order valence-electron chi connectivity index (χ1n) is 5.10. The van der Waals surface area contributed by atoms with Crippen molar-refractivity contribution in [3.63, 3.8) is 0 Å². The lowest BCUT2D eigenvalue weighted by atomic mass is 9.94. The number of benzene rings is 1. The fourth-order valence-electron chi connectivity index (χ4n) is 1.43. The van der Waals surface area contributed by atoms with Gasteiger partial charge < -0.3 is 5.73 Å². The van der Waals surface area contributed by atoms with Crippen molar-refractivity contribution in [1.82, 2.24) is 0 Å². The second-order valence-electron chi connectivity index (χ2n) is 4.07. The quantitative estimate of drug-likeness (QED) is 0.632. The Morgan fingerprint density at radius 3 is 2.62 bits per heavy atom. The average Bonchev–Trinajstić information content (AvgIpc) is 2.16. The zero-order valence-corrected chi connectivity index (χ0v) is 9.31. The number of rotatable bonds is 4. The highest BCUT2D eigenvalue weighted by Gasteiger charge is 2.18. The van der Waals surface area contributed by atoms with E-state index in [1.54, 1.807) is 0 Å². The van der Waals surface area contributed by atoms with Crippen LogP contribution in [-0.4, -0.2) is 11.0 Å². The molecule has 5 heteroatoms. The molecule has 0 radical (unpaired) electrons. The van der Waals surface area contributed by atoms with E-state index in [4.69, 9.17) is 5.73 Å². The molecule has 2 N–H and O–H groups in total. The van der Waals surface area contributed by atoms with Gasteiger partial charge in [-0.1, -0.05) is 6.92 Å². The molecule has 0 spiro atoms. The van der Waals surface area contributed by atoms with E-state index in [1.165, 1.54) is 12.1 Å². The summed E-state index contributed by atoms with van der Waals surface area (Å²) in [4.78, 5) is 10.2. The molecular formula is C11H15FN2O2. The lowest BCUT2D eigenvalue weighted by molar-refractivity contribution is -0.385. The molecule has 0 aliphatic carbocycles. The predicted octanol–water partition coefficient (Wildman–Crippen LogP) is 2.26. The summed E-state index contributed by atoms with van der Waals surface area (Å²) < 4.78 is 13.0. The van der Waals surface area contributed by atoms with Crippen molar-refractivity contribution in [2.45, 2.75) is 26.3 Å². The van der Waals surface area contributed by atoms with Crippen molar-refractivity contribution >= 4 is 5.69 Å². The maximum absolute atomic E-state index is 13.0. The molecule has 88 valence electrons. The molecule has 0 aromatic heterocycles. The Morgan fingerprint density at radius 1 is 1.50 bits per heavy atom. The van der Waals surface area contributed by atoms with E-state index in [0.29, 0.717) is 12.0 Å². The Labute approximate surface area is 93.4 Å². The zero-order chi connectivity index (χ0) is 12.3. The van der Waals surface area contributed by atoms with Crippen LogP contribution in [0.2, 0.25) is 0 Å². The molecule has 0 saturated heterocycles. The minimum Gasteiger partial charge on any atom is -0.328 e. The molecule has 1 rings (SSSR count). The first-order valence-corrected chi connectivity index (χ1v) is 5.10. The summed E-state index contributed by atoms with van der Waals surface area (Å²) in [5.41, 5.74) is 6.04. The van der Waals surface area contributed by atoms with Crippen LogP contribution >= 0.6 is 0 Å². The molecule has 0 saturated carbocycles. The molecule has 0 bridgehead atoms. The number of nitro benzene ring substituents is 1. The van der Waals surface area contributed by atoms with E-state index in [1.807, 2.05) is 13.8 Å². The van der Waals surface area contributed by atoms with Gasteiger partial charge in [0, 0.05) is 17.7 Å². The van der Waals surface area contributed by atoms with Gasteiger partial charge in [0.1, 0.15) is 5.82 Å². The van der Waals surface area contributed by atoms with Gasteiger partial charge in [-0.25, -0.2) is 4.39 Å². The minimum absolute atomic E-state index is 0.0473. The van der Waals surface area contributed by atoms with Gasteiger partial charge in [-0.05, 0) is 31.4 Å². The van der Waals surface area contributed by atoms with Gasteiger partial charge >= 0.3 is 0 Å². The molecule has 4 nitrogen and oxygen atoms in total. The molecule has 0 aliphatic rings. The number of halogens is 1. The van der Waals surface area contributed by atoms with E-state index >= 15 is 0 Å². The molecule has 1 aromatic rings. The van der Waals surface area contributed by atoms with Crippen LogP contribution < -0.4 is 5.73 Å². The lowest BCUT2D eigenvalue weighted by Crippen LogP contribution is -2.26. The van der Waals surface area contributed by atoms with Crippen LogP contribution in [0.4, 0.5) is 10.1 Å². The first kappa shape index (κ1) is 12.6. The van der Waals surface area contributed by atoms with Gasteiger partial charge in [-0.3, -0.25) is 10.1 Å². The number of hydrogen-bond acceptors (Lipinski definition) is 3. The van der Waals surface area contributed by atoms with E-state index < -0.39 is 10.7 Å². The lowest BCUT2D eigenvalue weighted by Gasteiger charge is -2.15. The normalized spacial score (nSPS) is 14.5.